The van der Waals surface area contributed by atoms with Crippen molar-refractivity contribution in [1.29, 1.82) is 0 Å². The number of methoxy groups -OCH3 is 1. The molecule has 1 aromatic heterocycles. The van der Waals surface area contributed by atoms with Crippen molar-refractivity contribution in [3.63, 3.8) is 0 Å². The van der Waals surface area contributed by atoms with Gasteiger partial charge < -0.3 is 14.6 Å². The maximum atomic E-state index is 16.2. The minimum Gasteiger partial charge on any atom is -0.482 e. The smallest absolute Gasteiger partial charge is 0.306 e. The van der Waals surface area contributed by atoms with Gasteiger partial charge in [-0.1, -0.05) is 37.3 Å². The van der Waals surface area contributed by atoms with Crippen molar-refractivity contribution in [2.24, 2.45) is 11.8 Å². The zero-order valence-electron chi connectivity index (χ0n) is 25.3. The summed E-state index contributed by atoms with van der Waals surface area (Å²) in [7, 11) is 1.51. The van der Waals surface area contributed by atoms with Crippen molar-refractivity contribution in [3.05, 3.63) is 76.5 Å². The molecule has 1 saturated carbocycles. The van der Waals surface area contributed by atoms with E-state index >= 15 is 8.78 Å². The summed E-state index contributed by atoms with van der Waals surface area (Å²) in [6, 6.07) is 11.2. The largest absolute Gasteiger partial charge is 0.482 e. The van der Waals surface area contributed by atoms with Gasteiger partial charge in [0.15, 0.2) is 11.6 Å². The Labute approximate surface area is 252 Å². The van der Waals surface area contributed by atoms with E-state index in [1.165, 1.54) is 13.3 Å². The standard InChI is InChI=1S/C35H40F2N2O4/c1-20(34(40)41)31(21-6-7-21)26-12-8-22-10-13-29(43-33(22)32(26)37)23-9-11-25(27-17-30(42-4)38-18-28(27)36)24(16-23)19-39-15-5-14-35(39,2)3/h8-9,11-12,16-18,20-21,29,31H,5-7,10,13-15,19H2,1-4H3,(H,40,41)/t20-,29?,31?/m0/s1. The molecule has 2 fully saturated rings. The minimum absolute atomic E-state index is 0.0206. The number of ether oxygens (including phenoxy) is 2. The van der Waals surface area contributed by atoms with E-state index < -0.39 is 23.5 Å². The number of nitrogens with zero attached hydrogens (tertiary/aromatic N) is 2. The number of carbonyl (C=O) groups is 1. The molecule has 3 aliphatic rings. The summed E-state index contributed by atoms with van der Waals surface area (Å²) in [5.41, 5.74) is 4.33. The Kier molecular flexibility index (Phi) is 7.92. The molecule has 1 N–H and O–H groups in total. The van der Waals surface area contributed by atoms with Crippen LogP contribution in [0.1, 0.15) is 87.2 Å². The van der Waals surface area contributed by atoms with Gasteiger partial charge in [-0.2, -0.15) is 0 Å². The SMILES string of the molecule is COc1cc(-c2ccc(C3CCc4ccc(C(C5CC5)[C@H](C)C(=O)O)c(F)c4O3)cc2CN2CCCC2(C)C)c(F)cn1. The third-order valence-corrected chi connectivity index (χ3v) is 9.83. The van der Waals surface area contributed by atoms with Crippen molar-refractivity contribution in [2.45, 2.75) is 83.4 Å². The number of fused-ring (bicyclic) bond motifs is 1. The van der Waals surface area contributed by atoms with Crippen molar-refractivity contribution in [2.75, 3.05) is 13.7 Å². The zero-order chi connectivity index (χ0) is 30.5. The third-order valence-electron chi connectivity index (χ3n) is 9.83. The van der Waals surface area contributed by atoms with Crippen LogP contribution in [0.25, 0.3) is 11.1 Å². The number of halogens is 2. The van der Waals surface area contributed by atoms with Gasteiger partial charge in [0.25, 0.3) is 0 Å². The molecule has 3 aromatic rings. The van der Waals surface area contributed by atoms with Crippen LogP contribution in [0.15, 0.2) is 42.6 Å². The molecule has 228 valence electrons. The Morgan fingerprint density at radius 1 is 1.16 bits per heavy atom. The van der Waals surface area contributed by atoms with Gasteiger partial charge >= 0.3 is 5.97 Å². The molecule has 2 aliphatic heterocycles. The van der Waals surface area contributed by atoms with Gasteiger partial charge in [0.05, 0.1) is 19.2 Å². The van der Waals surface area contributed by atoms with E-state index in [9.17, 15) is 9.90 Å². The van der Waals surface area contributed by atoms with Crippen LogP contribution in [0.5, 0.6) is 11.6 Å². The Balaban J connectivity index is 1.36. The van der Waals surface area contributed by atoms with E-state index in [0.29, 0.717) is 36.4 Å². The first-order valence-corrected chi connectivity index (χ1v) is 15.4. The van der Waals surface area contributed by atoms with Crippen LogP contribution < -0.4 is 9.47 Å². The third kappa shape index (κ3) is 5.74. The number of pyridine rings is 1. The summed E-state index contributed by atoms with van der Waals surface area (Å²) in [5, 5.41) is 9.73. The molecule has 6 rings (SSSR count). The molecular formula is C35H40F2N2O4. The Bertz CT molecular complexity index is 1540. The summed E-state index contributed by atoms with van der Waals surface area (Å²) in [6.07, 6.45) is 6.14. The lowest BCUT2D eigenvalue weighted by atomic mass is 9.82. The van der Waals surface area contributed by atoms with Crippen molar-refractivity contribution in [3.8, 4) is 22.8 Å². The molecule has 2 unspecified atom stereocenters. The lowest BCUT2D eigenvalue weighted by Gasteiger charge is -2.33. The van der Waals surface area contributed by atoms with Gasteiger partial charge in [0.1, 0.15) is 11.9 Å². The average molecular weight is 591 g/mol. The number of benzene rings is 2. The number of hydrogen-bond acceptors (Lipinski definition) is 5. The molecule has 0 bridgehead atoms. The van der Waals surface area contributed by atoms with Crippen LogP contribution in [0, 0.1) is 23.5 Å². The number of carboxylic acids is 1. The van der Waals surface area contributed by atoms with E-state index in [4.69, 9.17) is 9.47 Å². The first kappa shape index (κ1) is 29.5. The Morgan fingerprint density at radius 3 is 2.63 bits per heavy atom. The van der Waals surface area contributed by atoms with Gasteiger partial charge in [0, 0.05) is 29.6 Å². The zero-order valence-corrected chi connectivity index (χ0v) is 25.3. The van der Waals surface area contributed by atoms with Gasteiger partial charge in [-0.3, -0.25) is 9.69 Å². The topological polar surface area (TPSA) is 71.9 Å². The predicted molar refractivity (Wildman–Crippen MR) is 160 cm³/mol. The molecule has 1 saturated heterocycles. The van der Waals surface area contributed by atoms with Crippen LogP contribution in [0.4, 0.5) is 8.78 Å². The normalized spacial score (nSPS) is 21.1. The highest BCUT2D eigenvalue weighted by Crippen LogP contribution is 2.50. The van der Waals surface area contributed by atoms with E-state index in [2.05, 4.69) is 29.8 Å². The van der Waals surface area contributed by atoms with Gasteiger partial charge in [-0.15, -0.1) is 0 Å². The lowest BCUT2D eigenvalue weighted by Crippen LogP contribution is -2.37. The molecular weight excluding hydrogens is 550 g/mol. The number of carboxylic acid groups (broad SMARTS) is 1. The molecule has 3 heterocycles. The van der Waals surface area contributed by atoms with Gasteiger partial charge in [-0.25, -0.2) is 13.8 Å². The second kappa shape index (κ2) is 11.5. The quantitative estimate of drug-likeness (QED) is 0.276. The second-order valence-electron chi connectivity index (χ2n) is 13.1. The first-order valence-electron chi connectivity index (χ1n) is 15.4. The number of likely N-dealkylation sites (tertiary alicyclic amines) is 1. The molecule has 6 nitrogen and oxygen atoms in total. The Hall–Kier alpha value is -3.52. The molecule has 3 atom stereocenters. The van der Waals surface area contributed by atoms with Crippen molar-refractivity contribution in [1.82, 2.24) is 9.88 Å². The highest BCUT2D eigenvalue weighted by Gasteiger charge is 2.41. The number of hydrogen-bond donors (Lipinski definition) is 1. The summed E-state index contributed by atoms with van der Waals surface area (Å²) < 4.78 is 43.0. The number of aryl methyl sites for hydroxylation is 1. The van der Waals surface area contributed by atoms with E-state index in [-0.39, 0.29) is 29.2 Å². The number of aliphatic carboxylic acids is 1. The molecule has 0 spiro atoms. The maximum absolute atomic E-state index is 16.2. The fourth-order valence-corrected chi connectivity index (χ4v) is 7.06. The average Bonchev–Trinajstić information content (AvgIpc) is 3.77. The van der Waals surface area contributed by atoms with Crippen LogP contribution in [-0.2, 0) is 17.8 Å². The highest BCUT2D eigenvalue weighted by atomic mass is 19.1. The summed E-state index contributed by atoms with van der Waals surface area (Å²) in [5.74, 6) is -2.09. The van der Waals surface area contributed by atoms with Crippen LogP contribution >= 0.6 is 0 Å². The van der Waals surface area contributed by atoms with Crippen LogP contribution in [0.3, 0.4) is 0 Å². The molecule has 8 heteroatoms. The number of aromatic nitrogens is 1. The van der Waals surface area contributed by atoms with Gasteiger partial charge in [-0.05, 0) is 92.7 Å². The summed E-state index contributed by atoms with van der Waals surface area (Å²) in [4.78, 5) is 18.3. The fourth-order valence-electron chi connectivity index (χ4n) is 7.06. The minimum atomic E-state index is -0.912. The predicted octanol–water partition coefficient (Wildman–Crippen LogP) is 7.69. The lowest BCUT2D eigenvalue weighted by molar-refractivity contribution is -0.142. The first-order chi connectivity index (χ1) is 20.6. The highest BCUT2D eigenvalue weighted by molar-refractivity contribution is 5.71. The summed E-state index contributed by atoms with van der Waals surface area (Å²) in [6.45, 7) is 7.73. The molecule has 43 heavy (non-hydrogen) atoms. The molecule has 1 aliphatic carbocycles. The van der Waals surface area contributed by atoms with E-state index in [0.717, 1.165) is 54.5 Å². The van der Waals surface area contributed by atoms with Crippen LogP contribution in [0.2, 0.25) is 0 Å². The van der Waals surface area contributed by atoms with E-state index in [1.807, 2.05) is 18.2 Å². The van der Waals surface area contributed by atoms with Crippen molar-refractivity contribution < 1.29 is 28.2 Å². The Morgan fingerprint density at radius 2 is 1.95 bits per heavy atom. The fraction of sp³-hybridized carbons (Fsp3) is 0.486. The maximum Gasteiger partial charge on any atom is 0.306 e. The molecule has 2 aromatic carbocycles. The summed E-state index contributed by atoms with van der Waals surface area (Å²) >= 11 is 0. The molecule has 0 radical (unpaired) electrons. The van der Waals surface area contributed by atoms with Gasteiger partial charge in [0.2, 0.25) is 5.88 Å². The second-order valence-corrected chi connectivity index (χ2v) is 13.1. The number of rotatable bonds is 9. The van der Waals surface area contributed by atoms with Crippen LogP contribution in [-0.4, -0.2) is 40.2 Å². The van der Waals surface area contributed by atoms with Crippen molar-refractivity contribution >= 4 is 5.97 Å². The monoisotopic (exact) mass is 590 g/mol. The molecule has 0 amide bonds. The van der Waals surface area contributed by atoms with E-state index in [1.54, 1.807) is 19.1 Å².